The summed E-state index contributed by atoms with van der Waals surface area (Å²) in [6.07, 6.45) is 0. The zero-order valence-corrected chi connectivity index (χ0v) is 36.5. The molecule has 0 fully saturated rings. The van der Waals surface area contributed by atoms with Crippen LogP contribution in [0.15, 0.2) is 218 Å². The maximum Gasteiger partial charge on any atom is 0.187 e. The van der Waals surface area contributed by atoms with E-state index < -0.39 is 0 Å². The van der Waals surface area contributed by atoms with Gasteiger partial charge in [-0.2, -0.15) is 10.5 Å². The van der Waals surface area contributed by atoms with Crippen molar-refractivity contribution in [1.29, 1.82) is 10.5 Å². The maximum atomic E-state index is 11.4. The van der Waals surface area contributed by atoms with Crippen LogP contribution in [0.2, 0.25) is 0 Å². The number of aromatic nitrogens is 3. The lowest BCUT2D eigenvalue weighted by atomic mass is 9.96. The molecular formula is C62H36N6. The summed E-state index contributed by atoms with van der Waals surface area (Å²) < 4.78 is 4.53. The van der Waals surface area contributed by atoms with Crippen LogP contribution in [0.25, 0.3) is 116 Å². The third-order valence-corrected chi connectivity index (χ3v) is 13.0. The summed E-state index contributed by atoms with van der Waals surface area (Å²) in [5, 5.41) is 25.1. The molecule has 0 unspecified atom stereocenters. The van der Waals surface area contributed by atoms with Gasteiger partial charge in [-0.1, -0.05) is 146 Å². The monoisotopic (exact) mass is 864 g/mol. The second kappa shape index (κ2) is 16.3. The SMILES string of the molecule is [C-]#[N+]c1ccc(-c2ccc3c(c2)c2ccccc2n3-c2cc(C#N)c(-n3c4ccccc4c4cc(-c5ccc(C#N)cc5)ccc43)cc2-c2cc(-c3ccccc3)nc(-c3ccccc3)c2)cc1. The molecule has 0 spiro atoms. The molecule has 314 valence electrons. The van der Waals surface area contributed by atoms with Crippen molar-refractivity contribution in [1.82, 2.24) is 14.1 Å². The Kier molecular flexibility index (Phi) is 9.55. The molecule has 12 rings (SSSR count). The predicted octanol–water partition coefficient (Wildman–Crippen LogP) is 15.9. The Hall–Kier alpha value is -9.80. The lowest BCUT2D eigenvalue weighted by molar-refractivity contribution is 1.13. The summed E-state index contributed by atoms with van der Waals surface area (Å²) in [5.74, 6) is 0. The lowest BCUT2D eigenvalue weighted by Crippen LogP contribution is -2.04. The van der Waals surface area contributed by atoms with Gasteiger partial charge in [0, 0.05) is 38.2 Å². The van der Waals surface area contributed by atoms with Gasteiger partial charge in [0.05, 0.1) is 68.6 Å². The van der Waals surface area contributed by atoms with Crippen LogP contribution in [0.1, 0.15) is 11.1 Å². The van der Waals surface area contributed by atoms with E-state index in [0.717, 1.165) is 111 Å². The first kappa shape index (κ1) is 39.8. The van der Waals surface area contributed by atoms with Crippen LogP contribution >= 0.6 is 0 Å². The Bertz CT molecular complexity index is 4030. The van der Waals surface area contributed by atoms with Crippen molar-refractivity contribution in [2.45, 2.75) is 0 Å². The second-order valence-corrected chi connectivity index (χ2v) is 16.9. The van der Waals surface area contributed by atoms with Gasteiger partial charge in [-0.3, -0.25) is 0 Å². The van der Waals surface area contributed by atoms with Crippen molar-refractivity contribution in [3.05, 3.63) is 241 Å². The van der Waals surface area contributed by atoms with E-state index in [4.69, 9.17) is 11.6 Å². The van der Waals surface area contributed by atoms with Gasteiger partial charge in [0.25, 0.3) is 0 Å². The summed E-state index contributed by atoms with van der Waals surface area (Å²) >= 11 is 0. The molecule has 0 aliphatic rings. The van der Waals surface area contributed by atoms with Gasteiger partial charge in [0.2, 0.25) is 0 Å². The molecule has 9 aromatic carbocycles. The van der Waals surface area contributed by atoms with E-state index in [1.54, 1.807) is 0 Å². The fourth-order valence-corrected chi connectivity index (χ4v) is 9.76. The number of fused-ring (bicyclic) bond motifs is 6. The van der Waals surface area contributed by atoms with Gasteiger partial charge in [-0.05, 0) is 101 Å². The largest absolute Gasteiger partial charge is 0.309 e. The number of pyridine rings is 1. The van der Waals surface area contributed by atoms with Gasteiger partial charge in [-0.15, -0.1) is 0 Å². The lowest BCUT2D eigenvalue weighted by Gasteiger charge is -2.20. The fraction of sp³-hybridized carbons (Fsp3) is 0. The predicted molar refractivity (Wildman–Crippen MR) is 276 cm³/mol. The van der Waals surface area contributed by atoms with E-state index in [-0.39, 0.29) is 0 Å². The molecule has 12 aromatic rings. The van der Waals surface area contributed by atoms with E-state index in [1.165, 1.54) is 0 Å². The summed E-state index contributed by atoms with van der Waals surface area (Å²) in [7, 11) is 0. The minimum absolute atomic E-state index is 0.519. The Balaban J connectivity index is 1.16. The first-order valence-corrected chi connectivity index (χ1v) is 22.3. The third kappa shape index (κ3) is 6.67. The standard InChI is InChI=1S/C62H36N6/c1-65-49-28-24-42(25-29-49)46-27-31-60-54(33-46)51-17-9-11-19-58(51)68(60)62-36-48(39-64)61(37-52(62)47-34-55(43-12-4-2-5-13-43)66-56(35-47)44-14-6-3-7-15-44)67-57-18-10-8-16-50(57)53-32-45(26-30-59(53)67)41-22-20-40(38-63)21-23-41/h2-37H. The minimum Gasteiger partial charge on any atom is -0.309 e. The van der Waals surface area contributed by atoms with Crippen molar-refractivity contribution < 1.29 is 0 Å². The topological polar surface area (TPSA) is 74.7 Å². The molecule has 0 atom stereocenters. The summed E-state index contributed by atoms with van der Waals surface area (Å²) in [6.45, 7) is 7.48. The van der Waals surface area contributed by atoms with Crippen LogP contribution < -0.4 is 0 Å². The molecule has 6 nitrogen and oxygen atoms in total. The number of hydrogen-bond acceptors (Lipinski definition) is 3. The Labute approximate surface area is 392 Å². The van der Waals surface area contributed by atoms with E-state index in [0.29, 0.717) is 16.8 Å². The Morgan fingerprint density at radius 3 is 1.37 bits per heavy atom. The highest BCUT2D eigenvalue weighted by Crippen LogP contribution is 2.43. The molecular weight excluding hydrogens is 829 g/mol. The number of nitrogens with zero attached hydrogens (tertiary/aromatic N) is 6. The normalized spacial score (nSPS) is 11.2. The smallest absolute Gasteiger partial charge is 0.187 e. The van der Waals surface area contributed by atoms with Crippen LogP contribution in [-0.4, -0.2) is 14.1 Å². The highest BCUT2D eigenvalue weighted by Gasteiger charge is 2.23. The van der Waals surface area contributed by atoms with Crippen LogP contribution in [0.4, 0.5) is 5.69 Å². The first-order valence-electron chi connectivity index (χ1n) is 22.3. The molecule has 0 radical (unpaired) electrons. The number of hydrogen-bond donors (Lipinski definition) is 0. The molecule has 68 heavy (non-hydrogen) atoms. The van der Waals surface area contributed by atoms with Crippen LogP contribution in [0.3, 0.4) is 0 Å². The van der Waals surface area contributed by atoms with Gasteiger partial charge < -0.3 is 9.13 Å². The molecule has 3 heterocycles. The van der Waals surface area contributed by atoms with Gasteiger partial charge in [0.15, 0.2) is 5.69 Å². The number of nitriles is 2. The summed E-state index contributed by atoms with van der Waals surface area (Å²) in [4.78, 5) is 8.88. The number of rotatable bonds is 7. The van der Waals surface area contributed by atoms with Crippen molar-refractivity contribution in [3.8, 4) is 79.4 Å². The van der Waals surface area contributed by atoms with Crippen molar-refractivity contribution in [2.75, 3.05) is 0 Å². The molecule has 0 aliphatic carbocycles. The van der Waals surface area contributed by atoms with E-state index >= 15 is 0 Å². The fourth-order valence-electron chi connectivity index (χ4n) is 9.76. The third-order valence-electron chi connectivity index (χ3n) is 13.0. The number of benzene rings is 9. The molecule has 0 N–H and O–H groups in total. The van der Waals surface area contributed by atoms with Crippen LogP contribution in [0.5, 0.6) is 0 Å². The minimum atomic E-state index is 0.519. The van der Waals surface area contributed by atoms with Crippen molar-refractivity contribution >= 4 is 49.3 Å². The highest BCUT2D eigenvalue weighted by molar-refractivity contribution is 6.12. The Morgan fingerprint density at radius 2 is 0.853 bits per heavy atom. The Morgan fingerprint density at radius 1 is 0.382 bits per heavy atom. The summed E-state index contributed by atoms with van der Waals surface area (Å²) in [6, 6.07) is 79.3. The van der Waals surface area contributed by atoms with Gasteiger partial charge >= 0.3 is 0 Å². The average Bonchev–Trinajstić information content (AvgIpc) is 3.93. The van der Waals surface area contributed by atoms with Crippen LogP contribution in [0, 0.1) is 29.2 Å². The zero-order valence-electron chi connectivity index (χ0n) is 36.5. The molecule has 0 amide bonds. The quantitative estimate of drug-likeness (QED) is 0.150. The molecule has 6 heteroatoms. The maximum absolute atomic E-state index is 11.4. The van der Waals surface area contributed by atoms with E-state index in [2.05, 4.69) is 154 Å². The van der Waals surface area contributed by atoms with Gasteiger partial charge in [0.1, 0.15) is 6.07 Å². The first-order chi connectivity index (χ1) is 33.6. The van der Waals surface area contributed by atoms with Gasteiger partial charge in [-0.25, -0.2) is 9.83 Å². The molecule has 3 aromatic heterocycles. The van der Waals surface area contributed by atoms with E-state index in [9.17, 15) is 10.5 Å². The number of para-hydroxylation sites is 2. The molecule has 0 saturated heterocycles. The second-order valence-electron chi connectivity index (χ2n) is 16.9. The molecule has 0 bridgehead atoms. The van der Waals surface area contributed by atoms with Crippen molar-refractivity contribution in [3.63, 3.8) is 0 Å². The zero-order chi connectivity index (χ0) is 45.7. The van der Waals surface area contributed by atoms with Crippen molar-refractivity contribution in [2.24, 2.45) is 0 Å². The highest BCUT2D eigenvalue weighted by atomic mass is 15.0. The van der Waals surface area contributed by atoms with E-state index in [1.807, 2.05) is 91.0 Å². The molecule has 0 aliphatic heterocycles. The average molecular weight is 865 g/mol. The van der Waals surface area contributed by atoms with Crippen LogP contribution in [-0.2, 0) is 0 Å². The summed E-state index contributed by atoms with van der Waals surface area (Å²) in [5.41, 5.74) is 17.0. The molecule has 0 saturated carbocycles.